The van der Waals surface area contributed by atoms with E-state index in [0.717, 1.165) is 11.1 Å². The van der Waals surface area contributed by atoms with E-state index in [1.54, 1.807) is 56.3 Å². The summed E-state index contributed by atoms with van der Waals surface area (Å²) in [6, 6.07) is 9.46. The van der Waals surface area contributed by atoms with Crippen LogP contribution in [0.4, 0.5) is 0 Å². The van der Waals surface area contributed by atoms with Crippen molar-refractivity contribution in [1.29, 1.82) is 0 Å². The van der Waals surface area contributed by atoms with Crippen molar-refractivity contribution < 1.29 is 58.5 Å². The van der Waals surface area contributed by atoms with Crippen LogP contribution < -0.4 is 43.8 Å². The van der Waals surface area contributed by atoms with Crippen molar-refractivity contribution in [1.82, 2.24) is 38.1 Å². The smallest absolute Gasteiger partial charge is 0.326 e. The number of hydrogen-bond acceptors (Lipinski definition) is 11. The molecule has 0 unspecified atom stereocenters. The van der Waals surface area contributed by atoms with E-state index in [-0.39, 0.29) is 31.3 Å². The maximum Gasteiger partial charge on any atom is 0.326 e. The van der Waals surface area contributed by atoms with E-state index < -0.39 is 109 Å². The summed E-state index contributed by atoms with van der Waals surface area (Å²) < 4.78 is 0. The van der Waals surface area contributed by atoms with Gasteiger partial charge in [0.15, 0.2) is 0 Å². The second-order valence-electron chi connectivity index (χ2n) is 13.4. The Labute approximate surface area is 328 Å². The summed E-state index contributed by atoms with van der Waals surface area (Å²) in [5.74, 6) is -10.3. The topological polar surface area (TPSA) is 348 Å². The summed E-state index contributed by atoms with van der Waals surface area (Å²) in [5, 5.41) is 41.4. The van der Waals surface area contributed by atoms with Gasteiger partial charge in [-0.1, -0.05) is 74.5 Å². The van der Waals surface area contributed by atoms with Crippen LogP contribution in [0.15, 0.2) is 60.7 Å². The standard InChI is InChI=1S/C37H49N7O12.H3N/c1-20(2)14-25(35(53)43-27(17-30(46)47)36(54)44-28(37(55)56)18-31(48)49)41-29(45)19-39-32(50)21(3)40-34(52)26(16-23-12-8-5-9-13-23)42-33(51)24(38)15-22-10-6-4-7-11-22;/h4-13,20-21,24-28H,14-19,38H2,1-3H3,(H,39,50)(H,40,52)(H,41,45)(H,42,51)(H,43,53)(H,44,54)(H,46,47)(H,48,49)(H,55,56);1H3/t21-,24-,25-,26-,27-,28-;/m0./s1. The molecule has 0 fully saturated rings. The minimum Gasteiger partial charge on any atom is -0.481 e. The number of carbonyl (C=O) groups is 9. The zero-order valence-corrected chi connectivity index (χ0v) is 31.9. The average molecular weight is 801 g/mol. The van der Waals surface area contributed by atoms with Crippen LogP contribution in [0.2, 0.25) is 0 Å². The van der Waals surface area contributed by atoms with Crippen molar-refractivity contribution in [2.24, 2.45) is 11.7 Å². The van der Waals surface area contributed by atoms with E-state index >= 15 is 0 Å². The SMILES string of the molecule is CC(C)C[C@H](NC(=O)CNC(=O)[C@H](C)NC(=O)[C@H](Cc1ccccc1)NC(=O)[C@@H](N)Cc1ccccc1)C(=O)N[C@@H](CC(=O)O)C(=O)N[C@@H](CC(=O)O)C(=O)O.N. The summed E-state index contributed by atoms with van der Waals surface area (Å²) in [5.41, 5.74) is 7.67. The fourth-order valence-corrected chi connectivity index (χ4v) is 5.25. The van der Waals surface area contributed by atoms with E-state index in [2.05, 4.69) is 26.6 Å². The summed E-state index contributed by atoms with van der Waals surface area (Å²) in [7, 11) is 0. The van der Waals surface area contributed by atoms with Gasteiger partial charge in [-0.15, -0.1) is 0 Å². The number of aliphatic carboxylic acids is 3. The van der Waals surface area contributed by atoms with E-state index in [1.165, 1.54) is 6.92 Å². The number of carboxylic acids is 3. The Morgan fingerprint density at radius 3 is 1.53 bits per heavy atom. The predicted molar refractivity (Wildman–Crippen MR) is 203 cm³/mol. The van der Waals surface area contributed by atoms with Gasteiger partial charge in [-0.3, -0.25) is 38.4 Å². The minimum absolute atomic E-state index is 0. The Hall–Kier alpha value is -6.41. The van der Waals surface area contributed by atoms with Crippen molar-refractivity contribution in [2.45, 2.75) is 89.1 Å². The molecule has 0 saturated carbocycles. The van der Waals surface area contributed by atoms with Crippen LogP contribution in [0.5, 0.6) is 0 Å². The number of hydrogen-bond donors (Lipinski definition) is 11. The lowest BCUT2D eigenvalue weighted by Gasteiger charge is -2.25. The number of nitrogens with two attached hydrogens (primary N) is 1. The van der Waals surface area contributed by atoms with Gasteiger partial charge >= 0.3 is 17.9 Å². The molecule has 0 aliphatic heterocycles. The van der Waals surface area contributed by atoms with Gasteiger partial charge in [-0.2, -0.15) is 0 Å². The van der Waals surface area contributed by atoms with Crippen molar-refractivity contribution in [3.63, 3.8) is 0 Å². The minimum atomic E-state index is -1.92. The normalized spacial score (nSPS) is 13.8. The van der Waals surface area contributed by atoms with E-state index in [1.807, 2.05) is 23.5 Å². The molecular weight excluding hydrogens is 748 g/mol. The molecule has 20 nitrogen and oxygen atoms in total. The number of carbonyl (C=O) groups excluding carboxylic acids is 6. The van der Waals surface area contributed by atoms with E-state index in [4.69, 9.17) is 10.8 Å². The van der Waals surface area contributed by atoms with Crippen molar-refractivity contribution in [2.75, 3.05) is 6.54 Å². The lowest BCUT2D eigenvalue weighted by atomic mass is 10.0. The molecule has 14 N–H and O–H groups in total. The Balaban J connectivity index is 0.0000162. The lowest BCUT2D eigenvalue weighted by molar-refractivity contribution is -0.148. The second kappa shape index (κ2) is 24.2. The quantitative estimate of drug-likeness (QED) is 0.0616. The summed E-state index contributed by atoms with van der Waals surface area (Å²) in [4.78, 5) is 112. The summed E-state index contributed by atoms with van der Waals surface area (Å²) in [6.07, 6.45) is -1.75. The average Bonchev–Trinajstić information content (AvgIpc) is 3.12. The first-order valence-corrected chi connectivity index (χ1v) is 17.6. The van der Waals surface area contributed by atoms with Crippen molar-refractivity contribution >= 4 is 53.4 Å². The molecule has 57 heavy (non-hydrogen) atoms. The highest BCUT2D eigenvalue weighted by molar-refractivity contribution is 5.97. The van der Waals surface area contributed by atoms with E-state index in [9.17, 15) is 53.4 Å². The molecule has 0 spiro atoms. The molecule has 0 aliphatic rings. The Kier molecular flexibility index (Phi) is 20.6. The second-order valence-corrected chi connectivity index (χ2v) is 13.4. The fourth-order valence-electron chi connectivity index (χ4n) is 5.25. The van der Waals surface area contributed by atoms with Gasteiger partial charge in [-0.05, 0) is 36.8 Å². The highest BCUT2D eigenvalue weighted by atomic mass is 16.4. The Morgan fingerprint density at radius 2 is 1.02 bits per heavy atom. The lowest BCUT2D eigenvalue weighted by Crippen LogP contribution is -2.58. The fraction of sp³-hybridized carbons (Fsp3) is 0.432. The van der Waals surface area contributed by atoms with Crippen molar-refractivity contribution in [3.05, 3.63) is 71.8 Å². The molecule has 20 heteroatoms. The third-order valence-corrected chi connectivity index (χ3v) is 8.09. The zero-order valence-electron chi connectivity index (χ0n) is 31.9. The molecular formula is C37H52N8O12. The Bertz CT molecular complexity index is 1710. The monoisotopic (exact) mass is 800 g/mol. The van der Waals surface area contributed by atoms with Crippen LogP contribution in [0, 0.1) is 5.92 Å². The number of amides is 6. The Morgan fingerprint density at radius 1 is 0.561 bits per heavy atom. The molecule has 0 aromatic heterocycles. The molecule has 2 rings (SSSR count). The van der Waals surface area contributed by atoms with Crippen LogP contribution in [-0.4, -0.2) is 111 Å². The maximum absolute atomic E-state index is 13.4. The zero-order chi connectivity index (χ0) is 41.9. The first-order chi connectivity index (χ1) is 26.4. The molecule has 0 saturated heterocycles. The van der Waals surface area contributed by atoms with Crippen LogP contribution >= 0.6 is 0 Å². The van der Waals surface area contributed by atoms with Gasteiger partial charge in [0, 0.05) is 6.42 Å². The summed E-state index contributed by atoms with van der Waals surface area (Å²) >= 11 is 0. The maximum atomic E-state index is 13.4. The molecule has 0 bridgehead atoms. The molecule has 0 aliphatic carbocycles. The largest absolute Gasteiger partial charge is 0.481 e. The number of rotatable bonds is 23. The van der Waals surface area contributed by atoms with Crippen molar-refractivity contribution in [3.8, 4) is 0 Å². The molecule has 2 aromatic carbocycles. The van der Waals surface area contributed by atoms with Gasteiger partial charge in [0.1, 0.15) is 30.2 Å². The molecule has 6 atom stereocenters. The van der Waals surface area contributed by atoms with Gasteiger partial charge in [-0.25, -0.2) is 4.79 Å². The van der Waals surface area contributed by atoms with Gasteiger partial charge in [0.2, 0.25) is 35.4 Å². The first-order valence-electron chi connectivity index (χ1n) is 17.6. The number of benzene rings is 2. The number of nitrogens with one attached hydrogen (secondary N) is 6. The molecule has 0 radical (unpaired) electrons. The van der Waals surface area contributed by atoms with Crippen LogP contribution in [0.3, 0.4) is 0 Å². The third-order valence-electron chi connectivity index (χ3n) is 8.09. The first kappa shape index (κ1) is 48.6. The van der Waals surface area contributed by atoms with Crippen LogP contribution in [-0.2, 0) is 56.0 Å². The van der Waals surface area contributed by atoms with E-state index in [0.29, 0.717) is 0 Å². The third kappa shape index (κ3) is 18.2. The van der Waals surface area contributed by atoms with Crippen LogP contribution in [0.25, 0.3) is 0 Å². The number of carboxylic acid groups (broad SMARTS) is 3. The van der Waals surface area contributed by atoms with Gasteiger partial charge < -0.3 is 59.1 Å². The van der Waals surface area contributed by atoms with Gasteiger partial charge in [0.05, 0.1) is 25.4 Å². The van der Waals surface area contributed by atoms with Gasteiger partial charge in [0.25, 0.3) is 0 Å². The molecule has 312 valence electrons. The summed E-state index contributed by atoms with van der Waals surface area (Å²) in [6.45, 7) is 4.08. The molecule has 6 amide bonds. The highest BCUT2D eigenvalue weighted by Gasteiger charge is 2.33. The highest BCUT2D eigenvalue weighted by Crippen LogP contribution is 2.09. The van der Waals surface area contributed by atoms with Crippen LogP contribution in [0.1, 0.15) is 51.2 Å². The predicted octanol–water partition coefficient (Wildman–Crippen LogP) is -1.40. The molecule has 0 heterocycles. The molecule has 2 aromatic rings.